The first-order valence-electron chi connectivity index (χ1n) is 16.3. The van der Waals surface area contributed by atoms with Crippen LogP contribution in [0.3, 0.4) is 0 Å². The summed E-state index contributed by atoms with van der Waals surface area (Å²) in [6.07, 6.45) is 0.383. The number of hydrogen-bond donors (Lipinski definition) is 2. The summed E-state index contributed by atoms with van der Waals surface area (Å²) < 4.78 is 45.7. The highest BCUT2D eigenvalue weighted by Gasteiger charge is 2.68. The molecule has 1 heterocycles. The summed E-state index contributed by atoms with van der Waals surface area (Å²) in [5, 5.41) is 12.3. The largest absolute Gasteiger partial charge is 0.505 e. The van der Waals surface area contributed by atoms with E-state index in [4.69, 9.17) is 14.7 Å². The number of halogens is 4. The quantitative estimate of drug-likeness (QED) is 0.316. The van der Waals surface area contributed by atoms with Crippen LogP contribution in [0.1, 0.15) is 112 Å². The smallest absolute Gasteiger partial charge is 0.389 e. The predicted octanol–water partition coefficient (Wildman–Crippen LogP) is 9.82. The number of rotatable bonds is 4. The lowest BCUT2D eigenvalue weighted by Gasteiger charge is -2.69. The summed E-state index contributed by atoms with van der Waals surface area (Å²) in [4.78, 5) is 32.5. The van der Waals surface area contributed by atoms with Crippen molar-refractivity contribution in [3.63, 3.8) is 0 Å². The molecule has 3 aliphatic carbocycles. The van der Waals surface area contributed by atoms with Crippen LogP contribution < -0.4 is 5.32 Å². The maximum Gasteiger partial charge on any atom is 0.389 e. The Balaban J connectivity index is 0. The number of phenolic OH excluding ortho intramolecular Hbond substituents is 1. The van der Waals surface area contributed by atoms with Crippen molar-refractivity contribution < 1.29 is 37.1 Å². The molecule has 0 spiro atoms. The number of amidine groups is 1. The lowest BCUT2D eigenvalue weighted by Crippen LogP contribution is -2.67. The number of hydrogen-bond acceptors (Lipinski definition) is 6. The number of carbonyl (C=O) groups is 1. The molecule has 6 nitrogen and oxygen atoms in total. The maximum absolute atomic E-state index is 12.5. The van der Waals surface area contributed by atoms with Gasteiger partial charge < -0.3 is 10.4 Å². The average molecular weight is 669 g/mol. The SMILES string of the molecule is CC.CC.CC(=O)[C@@H]1N=C(C23CC(C)(C2)C3)NC1(C)C.CCCC(F)(F)F.CCc1ccc(O)c(F)c1.Cc1ccccc1.O=C=O. The normalized spacial score (nSPS) is 21.8. The number of Topliss-reactive ketones (excluding diaryl/α,β-unsaturated/α-hetero) is 1. The summed E-state index contributed by atoms with van der Waals surface area (Å²) in [6, 6.07) is 14.5. The zero-order valence-electron chi connectivity index (χ0n) is 30.1. The summed E-state index contributed by atoms with van der Waals surface area (Å²) in [7, 11) is 0. The van der Waals surface area contributed by atoms with E-state index in [1.165, 1.54) is 43.9 Å². The molecule has 0 radical (unpaired) electrons. The van der Waals surface area contributed by atoms with E-state index in [0.717, 1.165) is 17.8 Å². The highest BCUT2D eigenvalue weighted by atomic mass is 19.4. The molecule has 1 aliphatic heterocycles. The van der Waals surface area contributed by atoms with Crippen molar-refractivity contribution in [1.82, 2.24) is 5.32 Å². The van der Waals surface area contributed by atoms with Gasteiger partial charge in [-0.2, -0.15) is 22.8 Å². The van der Waals surface area contributed by atoms with Crippen molar-refractivity contribution >= 4 is 17.8 Å². The van der Waals surface area contributed by atoms with E-state index in [-0.39, 0.29) is 35.7 Å². The second-order valence-electron chi connectivity index (χ2n) is 12.2. The number of carbonyl (C=O) groups excluding carboxylic acids is 3. The van der Waals surface area contributed by atoms with E-state index in [1.54, 1.807) is 13.0 Å². The summed E-state index contributed by atoms with van der Waals surface area (Å²) >= 11 is 0. The minimum Gasteiger partial charge on any atom is -0.505 e. The third kappa shape index (κ3) is 15.8. The monoisotopic (exact) mass is 668 g/mol. The Labute approximate surface area is 279 Å². The van der Waals surface area contributed by atoms with Crippen LogP contribution in [0.2, 0.25) is 0 Å². The standard InChI is InChI=1S/C13H20N2O.C8H9FO.C7H8.C4H7F3.2C2H6.CO2/c1-8(16)9-11(2,3)15-10(14-9)13-5-12(4,6-13)7-13;1-2-6-3-4-8(10)7(9)5-6;1-7-5-3-2-4-6-7;1-2-3-4(5,6)7;2*1-2;2-1-3/h9H,5-7H2,1-4H3,(H,14,15);3-5,10H,2H2,1H3;2-6H,1H3;2-3H2,1H3;2*1-2H3;/t9-,12?,13?;;;;;;/m0....../s1. The Morgan fingerprint density at radius 3 is 1.74 bits per heavy atom. The number of aryl methyl sites for hydroxylation is 2. The molecule has 2 bridgehead atoms. The Morgan fingerprint density at radius 1 is 0.979 bits per heavy atom. The molecule has 6 rings (SSSR count). The first-order chi connectivity index (χ1) is 21.9. The van der Waals surface area contributed by atoms with Crippen molar-refractivity contribution in [2.75, 3.05) is 0 Å². The first-order valence-corrected chi connectivity index (χ1v) is 16.3. The van der Waals surface area contributed by atoms with Crippen molar-refractivity contribution in [2.24, 2.45) is 15.8 Å². The molecule has 47 heavy (non-hydrogen) atoms. The summed E-state index contributed by atoms with van der Waals surface area (Å²) in [6.45, 7) is 21.7. The van der Waals surface area contributed by atoms with E-state index in [9.17, 15) is 22.4 Å². The predicted molar refractivity (Wildman–Crippen MR) is 181 cm³/mol. The number of phenols is 1. The molecule has 0 amide bonds. The second-order valence-corrected chi connectivity index (χ2v) is 12.2. The zero-order valence-corrected chi connectivity index (χ0v) is 30.1. The van der Waals surface area contributed by atoms with E-state index in [2.05, 4.69) is 50.1 Å². The minimum absolute atomic E-state index is 0.172. The fourth-order valence-corrected chi connectivity index (χ4v) is 5.70. The number of benzene rings is 2. The second kappa shape index (κ2) is 21.4. The van der Waals surface area contributed by atoms with Gasteiger partial charge in [-0.15, -0.1) is 0 Å². The van der Waals surface area contributed by atoms with Crippen LogP contribution >= 0.6 is 0 Å². The molecular weight excluding hydrogens is 612 g/mol. The van der Waals surface area contributed by atoms with Gasteiger partial charge in [-0.3, -0.25) is 9.79 Å². The number of nitrogens with zero attached hydrogens (tertiary/aromatic N) is 1. The number of aromatic hydroxyl groups is 1. The fourth-order valence-electron chi connectivity index (χ4n) is 5.70. The van der Waals surface area contributed by atoms with Crippen LogP contribution in [0.5, 0.6) is 5.75 Å². The number of alkyl halides is 3. The Morgan fingerprint density at radius 2 is 1.47 bits per heavy atom. The average Bonchev–Trinajstić information content (AvgIpc) is 3.31. The fraction of sp³-hybridized carbons (Fsp3) is 0.595. The maximum atomic E-state index is 12.5. The molecular formula is C37H56F4N2O4. The topological polar surface area (TPSA) is 95.8 Å². The number of nitrogens with one attached hydrogen (secondary N) is 1. The third-order valence-corrected chi connectivity index (χ3v) is 7.46. The highest BCUT2D eigenvalue weighted by molar-refractivity contribution is 5.98. The molecule has 0 unspecified atom stereocenters. The van der Waals surface area contributed by atoms with Crippen LogP contribution in [-0.4, -0.2) is 40.6 Å². The summed E-state index contributed by atoms with van der Waals surface area (Å²) in [5.41, 5.74) is 2.92. The van der Waals surface area contributed by atoms with Crippen LogP contribution in [0.25, 0.3) is 0 Å². The van der Waals surface area contributed by atoms with E-state index in [1.807, 2.05) is 52.8 Å². The van der Waals surface area contributed by atoms with Crippen molar-refractivity contribution in [1.29, 1.82) is 0 Å². The van der Waals surface area contributed by atoms with E-state index in [0.29, 0.717) is 10.8 Å². The van der Waals surface area contributed by atoms with Crippen molar-refractivity contribution in [3.8, 4) is 5.75 Å². The van der Waals surface area contributed by atoms with Gasteiger partial charge in [-0.25, -0.2) is 4.39 Å². The van der Waals surface area contributed by atoms with Crippen LogP contribution in [-0.2, 0) is 20.8 Å². The van der Waals surface area contributed by atoms with Crippen LogP contribution in [0.4, 0.5) is 17.6 Å². The third-order valence-electron chi connectivity index (χ3n) is 7.46. The Bertz CT molecular complexity index is 1230. The van der Waals surface area contributed by atoms with Gasteiger partial charge in [0.05, 0.1) is 5.54 Å². The Kier molecular flexibility index (Phi) is 20.7. The van der Waals surface area contributed by atoms with E-state index < -0.39 is 18.4 Å². The van der Waals surface area contributed by atoms with E-state index >= 15 is 0 Å². The van der Waals surface area contributed by atoms with Crippen LogP contribution in [0.15, 0.2) is 53.5 Å². The van der Waals surface area contributed by atoms with Gasteiger partial charge in [-0.05, 0) is 82.9 Å². The molecule has 2 N–H and O–H groups in total. The van der Waals surface area contributed by atoms with Crippen molar-refractivity contribution in [3.05, 3.63) is 65.5 Å². The molecule has 10 heteroatoms. The minimum atomic E-state index is -3.95. The molecule has 2 aromatic rings. The summed E-state index contributed by atoms with van der Waals surface area (Å²) in [5.74, 6) is 0.461. The van der Waals surface area contributed by atoms with Gasteiger partial charge in [0, 0.05) is 11.8 Å². The molecule has 1 atom stereocenters. The van der Waals surface area contributed by atoms with Gasteiger partial charge in [-0.1, -0.05) is 90.4 Å². The van der Waals surface area contributed by atoms with Gasteiger partial charge in [0.25, 0.3) is 0 Å². The van der Waals surface area contributed by atoms with Gasteiger partial charge in [0.1, 0.15) is 11.9 Å². The number of aliphatic imine (C=N–C) groups is 1. The molecule has 3 fully saturated rings. The number of ketones is 1. The molecule has 3 saturated carbocycles. The zero-order chi connectivity index (χ0) is 37.1. The Hall–Kier alpha value is -3.52. The lowest BCUT2D eigenvalue weighted by atomic mass is 9.35. The van der Waals surface area contributed by atoms with Crippen molar-refractivity contribution in [2.45, 2.75) is 132 Å². The van der Waals surface area contributed by atoms with Gasteiger partial charge in [0.2, 0.25) is 0 Å². The van der Waals surface area contributed by atoms with Crippen LogP contribution in [0, 0.1) is 23.6 Å². The first kappa shape index (κ1) is 45.6. The molecule has 266 valence electrons. The van der Waals surface area contributed by atoms with Gasteiger partial charge >= 0.3 is 12.3 Å². The molecule has 0 aromatic heterocycles. The highest BCUT2D eigenvalue weighted by Crippen LogP contribution is 2.73. The molecule has 0 saturated heterocycles. The lowest BCUT2D eigenvalue weighted by molar-refractivity contribution is -0.191. The molecule has 2 aromatic carbocycles. The molecule has 4 aliphatic rings. The van der Waals surface area contributed by atoms with Gasteiger partial charge in [0.15, 0.2) is 17.3 Å².